The Labute approximate surface area is 348 Å². The third-order valence-corrected chi connectivity index (χ3v) is 14.6. The minimum atomic E-state index is -0.951. The topological polar surface area (TPSA) is 160 Å². The van der Waals surface area contributed by atoms with Gasteiger partial charge in [-0.3, -0.25) is 44.3 Å². The predicted molar refractivity (Wildman–Crippen MR) is 224 cm³/mol. The van der Waals surface area contributed by atoms with Gasteiger partial charge in [0.05, 0.1) is 22.3 Å². The van der Waals surface area contributed by atoms with Crippen molar-refractivity contribution >= 4 is 46.0 Å². The number of fused-ring (bicyclic) bond motifs is 2. The average molecular weight is 813 g/mol. The summed E-state index contributed by atoms with van der Waals surface area (Å²) in [6.45, 7) is 11.8. The first-order chi connectivity index (χ1) is 29.1. The van der Waals surface area contributed by atoms with Gasteiger partial charge >= 0.3 is 0 Å². The zero-order valence-corrected chi connectivity index (χ0v) is 34.2. The molecule has 1 atom stereocenters. The van der Waals surface area contributed by atoms with E-state index in [2.05, 4.69) is 64.1 Å². The van der Waals surface area contributed by atoms with Crippen molar-refractivity contribution in [2.75, 3.05) is 68.7 Å². The lowest BCUT2D eigenvalue weighted by atomic mass is 9.75. The summed E-state index contributed by atoms with van der Waals surface area (Å²) < 4.78 is 6.24. The summed E-state index contributed by atoms with van der Waals surface area (Å²) >= 11 is 0. The first-order valence-electron chi connectivity index (χ1n) is 21.9. The maximum absolute atomic E-state index is 13.4. The van der Waals surface area contributed by atoms with E-state index in [1.54, 1.807) is 12.4 Å². The Hall–Kier alpha value is -5.41. The minimum absolute atomic E-state index is 0.0417. The second-order valence-corrected chi connectivity index (χ2v) is 18.7. The average Bonchev–Trinajstić information content (AvgIpc) is 3.72. The summed E-state index contributed by atoms with van der Waals surface area (Å²) in [6, 6.07) is 12.7. The number of aromatic nitrogens is 4. The number of carbonyl (C=O) groups is 4. The number of imide groups is 2. The zero-order chi connectivity index (χ0) is 40.8. The molecule has 0 radical (unpaired) electrons. The number of ether oxygens (including phenoxy) is 1. The van der Waals surface area contributed by atoms with Crippen LogP contribution in [0.15, 0.2) is 48.8 Å². The normalized spacial score (nSPS) is 24.5. The predicted octanol–water partition coefficient (Wildman–Crippen LogP) is 4.25. The number of amides is 4. The molecule has 2 N–H and O–H groups in total. The standard InChI is InChI=1S/C45H52N10O5/c1-44(12-13-44)60-31-3-5-35-34(21-31)40(50-49-35)36-22-38(47-27-46-36)53-17-10-28(11-18-53)23-51-25-45(26-51)14-19-54(45)24-29-8-15-52(16-9-29)30-2-4-32-33(20-30)43(59)55(42(32)58)37-6-7-39(56)48-41(37)57/h2-5,20-22,27-29,37H,6-19,23-26H2,1H3,(H,49,50)(H,48,56,57). The van der Waals surface area contributed by atoms with Gasteiger partial charge in [0.2, 0.25) is 11.8 Å². The molecule has 2 aromatic carbocycles. The van der Waals surface area contributed by atoms with Crippen molar-refractivity contribution in [1.82, 2.24) is 40.2 Å². The van der Waals surface area contributed by atoms with E-state index < -0.39 is 23.8 Å². The van der Waals surface area contributed by atoms with Crippen LogP contribution in [-0.4, -0.2) is 135 Å². The molecule has 6 fully saturated rings. The summed E-state index contributed by atoms with van der Waals surface area (Å²) in [6.07, 6.45) is 9.88. The van der Waals surface area contributed by atoms with E-state index in [1.807, 2.05) is 24.3 Å². The molecule has 8 heterocycles. The molecule has 4 aromatic rings. The lowest BCUT2D eigenvalue weighted by Gasteiger charge is -2.64. The fourth-order valence-corrected chi connectivity index (χ4v) is 10.7. The lowest BCUT2D eigenvalue weighted by molar-refractivity contribution is -0.136. The van der Waals surface area contributed by atoms with Crippen LogP contribution in [0.25, 0.3) is 22.3 Å². The molecule has 11 rings (SSSR count). The molecule has 6 aliphatic heterocycles. The van der Waals surface area contributed by atoms with Crippen molar-refractivity contribution in [2.24, 2.45) is 11.8 Å². The molecular formula is C45H52N10O5. The molecule has 2 aromatic heterocycles. The zero-order valence-electron chi connectivity index (χ0n) is 34.2. The highest BCUT2D eigenvalue weighted by molar-refractivity contribution is 6.23. The second-order valence-electron chi connectivity index (χ2n) is 18.7. The number of carbonyl (C=O) groups excluding carboxylic acids is 4. The number of hydrogen-bond acceptors (Lipinski definition) is 12. The molecule has 1 unspecified atom stereocenters. The Balaban J connectivity index is 0.640. The van der Waals surface area contributed by atoms with E-state index in [9.17, 15) is 19.2 Å². The van der Waals surface area contributed by atoms with E-state index in [-0.39, 0.29) is 24.3 Å². The Kier molecular flexibility index (Phi) is 8.99. The number of nitrogens with one attached hydrogen (secondary N) is 2. The maximum atomic E-state index is 13.4. The number of hydrogen-bond donors (Lipinski definition) is 2. The highest BCUT2D eigenvalue weighted by Crippen LogP contribution is 2.43. The van der Waals surface area contributed by atoms with Crippen molar-refractivity contribution in [2.45, 2.75) is 81.9 Å². The van der Waals surface area contributed by atoms with Gasteiger partial charge in [-0.05, 0) is 107 Å². The van der Waals surface area contributed by atoms with Crippen LogP contribution < -0.4 is 19.9 Å². The second kappa shape index (κ2) is 14.4. The summed E-state index contributed by atoms with van der Waals surface area (Å²) in [5, 5.41) is 11.1. The third kappa shape index (κ3) is 6.70. The minimum Gasteiger partial charge on any atom is -0.488 e. The maximum Gasteiger partial charge on any atom is 0.262 e. The number of piperidine rings is 3. The van der Waals surface area contributed by atoms with Crippen LogP contribution in [0.3, 0.4) is 0 Å². The molecule has 60 heavy (non-hydrogen) atoms. The van der Waals surface area contributed by atoms with E-state index in [4.69, 9.17) is 4.74 Å². The Morgan fingerprint density at radius 1 is 0.783 bits per heavy atom. The van der Waals surface area contributed by atoms with Gasteiger partial charge in [-0.2, -0.15) is 5.10 Å². The highest BCUT2D eigenvalue weighted by Gasteiger charge is 2.53. The van der Waals surface area contributed by atoms with Gasteiger partial charge in [0.1, 0.15) is 35.2 Å². The van der Waals surface area contributed by atoms with Gasteiger partial charge in [-0.1, -0.05) is 0 Å². The van der Waals surface area contributed by atoms with E-state index >= 15 is 0 Å². The van der Waals surface area contributed by atoms with Crippen LogP contribution in [0.2, 0.25) is 0 Å². The highest BCUT2D eigenvalue weighted by atomic mass is 16.5. The Morgan fingerprint density at radius 2 is 1.53 bits per heavy atom. The fourth-order valence-electron chi connectivity index (χ4n) is 10.7. The van der Waals surface area contributed by atoms with Crippen LogP contribution >= 0.6 is 0 Å². The monoisotopic (exact) mass is 812 g/mol. The molecule has 7 aliphatic rings. The lowest BCUT2D eigenvalue weighted by Crippen LogP contribution is -2.77. The van der Waals surface area contributed by atoms with Crippen LogP contribution in [-0.2, 0) is 9.59 Å². The van der Waals surface area contributed by atoms with Crippen molar-refractivity contribution in [1.29, 1.82) is 0 Å². The molecule has 1 aliphatic carbocycles. The molecule has 15 nitrogen and oxygen atoms in total. The van der Waals surface area contributed by atoms with Gasteiger partial charge in [0.25, 0.3) is 11.8 Å². The van der Waals surface area contributed by atoms with E-state index in [1.165, 1.54) is 32.6 Å². The number of anilines is 2. The van der Waals surface area contributed by atoms with Crippen molar-refractivity contribution in [3.05, 3.63) is 59.9 Å². The quantitative estimate of drug-likeness (QED) is 0.220. The van der Waals surface area contributed by atoms with Gasteiger partial charge in [-0.25, -0.2) is 9.97 Å². The number of rotatable bonds is 10. The molecule has 312 valence electrons. The largest absolute Gasteiger partial charge is 0.488 e. The first-order valence-corrected chi connectivity index (χ1v) is 21.9. The number of H-pyrrole nitrogens is 1. The molecular weight excluding hydrogens is 761 g/mol. The summed E-state index contributed by atoms with van der Waals surface area (Å²) in [7, 11) is 0. The van der Waals surface area contributed by atoms with Crippen LogP contribution in [0, 0.1) is 11.8 Å². The molecule has 1 saturated carbocycles. The summed E-state index contributed by atoms with van der Waals surface area (Å²) in [5.41, 5.74) is 4.52. The Bertz CT molecular complexity index is 2390. The SMILES string of the molecule is CC1(Oc2ccc3[nH]nc(-c4cc(N5CCC(CN6CC7(CCN7CC7CCN(c8ccc9c(c8)C(=O)N(C8CCC(=O)NC8=O)C9=O)CC7)C6)CC5)ncn4)c3c2)CC1. The van der Waals surface area contributed by atoms with Crippen LogP contribution in [0.1, 0.15) is 85.4 Å². The van der Waals surface area contributed by atoms with Crippen LogP contribution in [0.5, 0.6) is 5.75 Å². The van der Waals surface area contributed by atoms with Gasteiger partial charge in [-0.15, -0.1) is 0 Å². The molecule has 1 spiro atoms. The number of aromatic amines is 1. The smallest absolute Gasteiger partial charge is 0.262 e. The number of benzene rings is 2. The summed E-state index contributed by atoms with van der Waals surface area (Å²) in [4.78, 5) is 71.2. The fraction of sp³-hybridized carbons (Fsp3) is 0.533. The van der Waals surface area contributed by atoms with Gasteiger partial charge in [0, 0.05) is 88.0 Å². The molecule has 5 saturated heterocycles. The number of nitrogens with zero attached hydrogens (tertiary/aromatic N) is 8. The number of likely N-dealkylation sites (tertiary alicyclic amines) is 2. The van der Waals surface area contributed by atoms with Crippen molar-refractivity contribution in [3.63, 3.8) is 0 Å². The van der Waals surface area contributed by atoms with Crippen molar-refractivity contribution in [3.8, 4) is 17.1 Å². The molecule has 15 heteroatoms. The van der Waals surface area contributed by atoms with Crippen LogP contribution in [0.4, 0.5) is 11.5 Å². The summed E-state index contributed by atoms with van der Waals surface area (Å²) in [5.74, 6) is 1.27. The van der Waals surface area contributed by atoms with Gasteiger partial charge in [0.15, 0.2) is 0 Å². The van der Waals surface area contributed by atoms with Gasteiger partial charge < -0.3 is 14.5 Å². The first kappa shape index (κ1) is 37.6. The molecule has 4 amide bonds. The molecule has 0 bridgehead atoms. The van der Waals surface area contributed by atoms with E-state index in [0.29, 0.717) is 28.5 Å². The van der Waals surface area contributed by atoms with E-state index in [0.717, 1.165) is 116 Å². The Morgan fingerprint density at radius 3 is 2.27 bits per heavy atom. The third-order valence-electron chi connectivity index (χ3n) is 14.6. The van der Waals surface area contributed by atoms with Crippen molar-refractivity contribution < 1.29 is 23.9 Å².